The van der Waals surface area contributed by atoms with Gasteiger partial charge in [-0.2, -0.15) is 8.42 Å². The molecule has 0 aliphatic heterocycles. The molecule has 1 saturated carbocycles. The number of ketones is 2. The van der Waals surface area contributed by atoms with Crippen molar-refractivity contribution in [2.75, 3.05) is 14.1 Å². The lowest BCUT2D eigenvalue weighted by Crippen LogP contribution is -2.70. The number of hydrogen-bond acceptors (Lipinski definition) is 11. The standard InChI is InChI=1S/C22H24N2O8.H2O4S/c1-7-8-5-4-6-9(25)11(8)16(26)12-10(7)17(27)14-15(24(2)3)18(28)13(21(23)31)20(30)22(14,32)19(12)29;1-5(2,3)4/h4-7,10,14-15,17,25-27,30,32H,1-3H3,(H2,23,31);(H2,1,2,3,4)/t7-,10+,14-,15-,17-,22-;/m0./s1. The zero-order valence-corrected chi connectivity index (χ0v) is 20.5. The van der Waals surface area contributed by atoms with Crippen molar-refractivity contribution in [1.29, 1.82) is 0 Å². The first-order valence-electron chi connectivity index (χ1n) is 10.7. The van der Waals surface area contributed by atoms with Crippen LogP contribution in [-0.2, 0) is 24.8 Å². The average Bonchev–Trinajstić information content (AvgIpc) is 2.74. The van der Waals surface area contributed by atoms with E-state index in [1.165, 1.54) is 25.1 Å². The fraction of sp³-hybridized carbons (Fsp3) is 0.409. The first kappa shape index (κ1) is 28.2. The van der Waals surface area contributed by atoms with Crippen molar-refractivity contribution in [1.82, 2.24) is 4.90 Å². The summed E-state index contributed by atoms with van der Waals surface area (Å²) in [6.45, 7) is 1.68. The molecular formula is C22H26N2O12S. The number of hydrogen-bond donors (Lipinski definition) is 8. The molecule has 0 unspecified atom stereocenters. The number of fused-ring (bicyclic) bond motifs is 3. The Labute approximate surface area is 210 Å². The summed E-state index contributed by atoms with van der Waals surface area (Å²) in [4.78, 5) is 40.0. The van der Waals surface area contributed by atoms with Gasteiger partial charge in [-0.15, -0.1) is 0 Å². The maximum atomic E-state index is 13.7. The van der Waals surface area contributed by atoms with Crippen molar-refractivity contribution < 1.29 is 57.4 Å². The predicted molar refractivity (Wildman–Crippen MR) is 125 cm³/mol. The van der Waals surface area contributed by atoms with Crippen molar-refractivity contribution in [3.8, 4) is 5.75 Å². The molecule has 0 spiro atoms. The van der Waals surface area contributed by atoms with Crippen LogP contribution in [0.3, 0.4) is 0 Å². The van der Waals surface area contributed by atoms with E-state index in [-0.39, 0.29) is 11.3 Å². The number of amides is 1. The molecule has 9 N–H and O–H groups in total. The molecule has 0 radical (unpaired) electrons. The molecule has 3 aliphatic rings. The number of aliphatic hydroxyl groups is 4. The topological polar surface area (TPSA) is 256 Å². The van der Waals surface area contributed by atoms with E-state index < -0.39 is 86.0 Å². The second kappa shape index (κ2) is 9.20. The molecule has 1 fully saturated rings. The van der Waals surface area contributed by atoms with Gasteiger partial charge in [0.05, 0.1) is 23.6 Å². The molecule has 1 aromatic carbocycles. The fourth-order valence-electron chi connectivity index (χ4n) is 5.58. The number of likely N-dealkylation sites (N-methyl/N-ethyl adjacent to an activating group) is 1. The van der Waals surface area contributed by atoms with E-state index in [9.17, 15) is 39.9 Å². The number of nitrogens with two attached hydrogens (primary N) is 1. The van der Waals surface area contributed by atoms with Crippen molar-refractivity contribution in [3.63, 3.8) is 0 Å². The highest BCUT2D eigenvalue weighted by Gasteiger charge is 2.68. The van der Waals surface area contributed by atoms with Gasteiger partial charge in [0.15, 0.2) is 11.4 Å². The molecule has 3 aliphatic carbocycles. The predicted octanol–water partition coefficient (Wildman–Crippen LogP) is -1.16. The molecule has 0 bridgehead atoms. The van der Waals surface area contributed by atoms with Crippen LogP contribution in [0.1, 0.15) is 24.0 Å². The van der Waals surface area contributed by atoms with Gasteiger partial charge in [-0.1, -0.05) is 19.1 Å². The van der Waals surface area contributed by atoms with Crippen LogP contribution < -0.4 is 5.73 Å². The van der Waals surface area contributed by atoms with Gasteiger partial charge >= 0.3 is 10.4 Å². The van der Waals surface area contributed by atoms with Crippen LogP contribution >= 0.6 is 0 Å². The number of nitrogens with zero attached hydrogens (tertiary/aromatic N) is 1. The van der Waals surface area contributed by atoms with Crippen molar-refractivity contribution in [3.05, 3.63) is 46.2 Å². The van der Waals surface area contributed by atoms with Gasteiger partial charge in [0.2, 0.25) is 5.78 Å². The van der Waals surface area contributed by atoms with E-state index in [2.05, 4.69) is 0 Å². The molecule has 0 saturated heterocycles. The van der Waals surface area contributed by atoms with Gasteiger partial charge in [0.25, 0.3) is 5.91 Å². The summed E-state index contributed by atoms with van der Waals surface area (Å²) in [5, 5.41) is 54.9. The molecule has 15 heteroatoms. The summed E-state index contributed by atoms with van der Waals surface area (Å²) < 4.78 is 31.6. The van der Waals surface area contributed by atoms with E-state index in [0.29, 0.717) is 5.56 Å². The summed E-state index contributed by atoms with van der Waals surface area (Å²) in [6.07, 6.45) is -1.59. The molecule has 0 heterocycles. The molecule has 0 aromatic heterocycles. The lowest BCUT2D eigenvalue weighted by Gasteiger charge is -2.53. The number of aliphatic hydroxyl groups excluding tert-OH is 3. The Morgan fingerprint density at radius 2 is 1.65 bits per heavy atom. The van der Waals surface area contributed by atoms with Crippen molar-refractivity contribution >= 4 is 33.6 Å². The van der Waals surface area contributed by atoms with E-state index in [4.69, 9.17) is 23.3 Å². The lowest BCUT2D eigenvalue weighted by atomic mass is 9.54. The number of rotatable bonds is 2. The minimum absolute atomic E-state index is 0.0245. The quantitative estimate of drug-likeness (QED) is 0.162. The second-order valence-electron chi connectivity index (χ2n) is 9.24. The Balaban J connectivity index is 0.000000695. The number of primary amides is 1. The Hall–Kier alpha value is -3.34. The van der Waals surface area contributed by atoms with Crippen LogP contribution in [0.5, 0.6) is 5.75 Å². The third-order valence-electron chi connectivity index (χ3n) is 6.99. The first-order chi connectivity index (χ1) is 16.9. The number of phenols is 1. The largest absolute Gasteiger partial charge is 0.508 e. The molecule has 1 amide bonds. The third-order valence-corrected chi connectivity index (χ3v) is 6.99. The summed E-state index contributed by atoms with van der Waals surface area (Å²) in [7, 11) is -1.75. The number of aromatic hydroxyl groups is 1. The van der Waals surface area contributed by atoms with Gasteiger partial charge in [0, 0.05) is 11.5 Å². The highest BCUT2D eigenvalue weighted by atomic mass is 32.3. The van der Waals surface area contributed by atoms with Crippen molar-refractivity contribution in [2.24, 2.45) is 17.6 Å². The van der Waals surface area contributed by atoms with Gasteiger partial charge in [-0.05, 0) is 31.6 Å². The first-order valence-corrected chi connectivity index (χ1v) is 12.1. The summed E-state index contributed by atoms with van der Waals surface area (Å²) in [6, 6.07) is 3.13. The Bertz CT molecular complexity index is 1360. The summed E-state index contributed by atoms with van der Waals surface area (Å²) in [5.41, 5.74) is 1.47. The van der Waals surface area contributed by atoms with Crippen LogP contribution in [0.2, 0.25) is 0 Å². The average molecular weight is 543 g/mol. The molecular weight excluding hydrogens is 516 g/mol. The summed E-state index contributed by atoms with van der Waals surface area (Å²) in [5.74, 6) is -8.87. The number of Topliss-reactive ketones (excluding diaryl/α,β-unsaturated/α-hetero) is 2. The molecule has 1 aromatic rings. The molecule has 37 heavy (non-hydrogen) atoms. The van der Waals surface area contributed by atoms with Crippen molar-refractivity contribution in [2.45, 2.75) is 30.6 Å². The molecule has 14 nitrogen and oxygen atoms in total. The number of carbonyl (C=O) groups excluding carboxylic acids is 3. The van der Waals surface area contributed by atoms with E-state index in [1.807, 2.05) is 0 Å². The zero-order valence-electron chi connectivity index (χ0n) is 19.7. The number of benzene rings is 1. The molecule has 4 rings (SSSR count). The van der Waals surface area contributed by atoms with E-state index >= 15 is 0 Å². The van der Waals surface area contributed by atoms with Crippen LogP contribution in [0.15, 0.2) is 35.1 Å². The SMILES string of the molecule is C[C@H]1c2cccc(O)c2C(O)=C2C(=O)[C@]3(O)C(O)=C(C(N)=O)C(=O)[C@@H](N(C)C)[C@H]3[C@@H](O)[C@@H]21.O=S(=O)(O)O. The number of phenolic OH excluding ortho intramolecular Hbond substituents is 1. The minimum Gasteiger partial charge on any atom is -0.508 e. The highest BCUT2D eigenvalue weighted by Crippen LogP contribution is 2.55. The normalized spacial score (nSPS) is 31.3. The van der Waals surface area contributed by atoms with Crippen LogP contribution in [0.4, 0.5) is 0 Å². The lowest BCUT2D eigenvalue weighted by molar-refractivity contribution is -0.169. The summed E-state index contributed by atoms with van der Waals surface area (Å²) >= 11 is 0. The zero-order chi connectivity index (χ0) is 28.4. The van der Waals surface area contributed by atoms with Crippen LogP contribution in [0, 0.1) is 11.8 Å². The smallest absolute Gasteiger partial charge is 0.394 e. The minimum atomic E-state index is -4.67. The maximum Gasteiger partial charge on any atom is 0.394 e. The second-order valence-corrected chi connectivity index (χ2v) is 10.1. The van der Waals surface area contributed by atoms with E-state index in [0.717, 1.165) is 0 Å². The van der Waals surface area contributed by atoms with Gasteiger partial charge in [0.1, 0.15) is 22.8 Å². The highest BCUT2D eigenvalue weighted by molar-refractivity contribution is 7.79. The molecule has 202 valence electrons. The monoisotopic (exact) mass is 542 g/mol. The third kappa shape index (κ3) is 4.28. The Morgan fingerprint density at radius 1 is 1.11 bits per heavy atom. The Kier molecular flexibility index (Phi) is 7.02. The number of carbonyl (C=O) groups is 3. The van der Waals surface area contributed by atoms with Crippen LogP contribution in [0.25, 0.3) is 5.76 Å². The van der Waals surface area contributed by atoms with Gasteiger partial charge in [-0.25, -0.2) is 0 Å². The Morgan fingerprint density at radius 3 is 2.14 bits per heavy atom. The van der Waals surface area contributed by atoms with Gasteiger partial charge < -0.3 is 31.3 Å². The van der Waals surface area contributed by atoms with Gasteiger partial charge in [-0.3, -0.25) is 28.4 Å². The van der Waals surface area contributed by atoms with Crippen LogP contribution in [-0.4, -0.2) is 97.3 Å². The maximum absolute atomic E-state index is 13.7. The molecule has 6 atom stereocenters. The fourth-order valence-corrected chi connectivity index (χ4v) is 5.58. The van der Waals surface area contributed by atoms with E-state index in [1.54, 1.807) is 19.1 Å².